The number of rotatable bonds is 2. The van der Waals surface area contributed by atoms with Gasteiger partial charge in [0.2, 0.25) is 0 Å². The zero-order valence-electron chi connectivity index (χ0n) is 8.44. The van der Waals surface area contributed by atoms with Crippen LogP contribution in [0.3, 0.4) is 0 Å². The lowest BCUT2D eigenvalue weighted by molar-refractivity contribution is 0.175. The standard InChI is InChI=1S/C11H20/c1-7(2)8(3)11(5)9-6-10(9,11)4/h7-9H,6H2,1-5H3. The first-order chi connectivity index (χ1) is 4.94. The Morgan fingerprint density at radius 3 is 1.73 bits per heavy atom. The first-order valence-electron chi connectivity index (χ1n) is 4.94. The van der Waals surface area contributed by atoms with Gasteiger partial charge in [-0.2, -0.15) is 0 Å². The van der Waals surface area contributed by atoms with Gasteiger partial charge in [-0.05, 0) is 35.0 Å². The Labute approximate surface area is 70.4 Å². The summed E-state index contributed by atoms with van der Waals surface area (Å²) in [5, 5.41) is 0. The molecule has 2 saturated carbocycles. The van der Waals surface area contributed by atoms with Gasteiger partial charge in [0.15, 0.2) is 0 Å². The molecule has 0 aliphatic heterocycles. The fourth-order valence-corrected chi connectivity index (χ4v) is 3.22. The van der Waals surface area contributed by atoms with Gasteiger partial charge in [0.05, 0.1) is 0 Å². The second kappa shape index (κ2) is 1.67. The summed E-state index contributed by atoms with van der Waals surface area (Å²) in [7, 11) is 0. The van der Waals surface area contributed by atoms with Crippen molar-refractivity contribution in [1.29, 1.82) is 0 Å². The molecule has 2 rings (SSSR count). The quantitative estimate of drug-likeness (QED) is 0.569. The summed E-state index contributed by atoms with van der Waals surface area (Å²) in [5.41, 5.74) is 1.50. The zero-order valence-corrected chi connectivity index (χ0v) is 8.44. The van der Waals surface area contributed by atoms with E-state index in [0.717, 1.165) is 28.6 Å². The molecule has 11 heavy (non-hydrogen) atoms. The first kappa shape index (κ1) is 7.64. The van der Waals surface area contributed by atoms with Gasteiger partial charge in [-0.15, -0.1) is 0 Å². The second-order valence-electron chi connectivity index (χ2n) is 5.49. The van der Waals surface area contributed by atoms with Crippen LogP contribution in [0.2, 0.25) is 0 Å². The van der Waals surface area contributed by atoms with E-state index in [1.165, 1.54) is 6.42 Å². The fraction of sp³-hybridized carbons (Fsp3) is 1.00. The van der Waals surface area contributed by atoms with Crippen molar-refractivity contribution in [3.8, 4) is 0 Å². The van der Waals surface area contributed by atoms with Crippen LogP contribution in [-0.4, -0.2) is 0 Å². The van der Waals surface area contributed by atoms with Crippen LogP contribution in [0.15, 0.2) is 0 Å². The molecule has 0 radical (unpaired) electrons. The van der Waals surface area contributed by atoms with Crippen molar-refractivity contribution >= 4 is 0 Å². The molecular formula is C11H20. The van der Waals surface area contributed by atoms with Crippen LogP contribution in [0.5, 0.6) is 0 Å². The predicted octanol–water partition coefficient (Wildman–Crippen LogP) is 3.32. The molecule has 0 bridgehead atoms. The van der Waals surface area contributed by atoms with Crippen molar-refractivity contribution in [2.45, 2.75) is 41.0 Å². The zero-order chi connectivity index (χ0) is 8.44. The molecule has 2 fully saturated rings. The summed E-state index contributed by atoms with van der Waals surface area (Å²) in [6.45, 7) is 12.1. The monoisotopic (exact) mass is 152 g/mol. The Hall–Kier alpha value is 0. The third-order valence-electron chi connectivity index (χ3n) is 5.05. The summed E-state index contributed by atoms with van der Waals surface area (Å²) in [4.78, 5) is 0. The van der Waals surface area contributed by atoms with Gasteiger partial charge < -0.3 is 0 Å². The number of fused-ring (bicyclic) bond motifs is 1. The van der Waals surface area contributed by atoms with Crippen molar-refractivity contribution in [3.05, 3.63) is 0 Å². The molecule has 0 saturated heterocycles. The van der Waals surface area contributed by atoms with Gasteiger partial charge in [0, 0.05) is 0 Å². The molecule has 0 amide bonds. The van der Waals surface area contributed by atoms with Gasteiger partial charge in [0.1, 0.15) is 0 Å². The average Bonchev–Trinajstić information content (AvgIpc) is 2.72. The predicted molar refractivity (Wildman–Crippen MR) is 48.3 cm³/mol. The van der Waals surface area contributed by atoms with E-state index in [2.05, 4.69) is 34.6 Å². The fourth-order valence-electron chi connectivity index (χ4n) is 3.22. The summed E-state index contributed by atoms with van der Waals surface area (Å²) < 4.78 is 0. The molecule has 0 heterocycles. The van der Waals surface area contributed by atoms with E-state index in [-0.39, 0.29) is 0 Å². The van der Waals surface area contributed by atoms with E-state index in [1.54, 1.807) is 0 Å². The molecule has 0 aromatic rings. The minimum Gasteiger partial charge on any atom is -0.0625 e. The molecular weight excluding hydrogens is 132 g/mol. The smallest absolute Gasteiger partial charge is 0.0207 e. The molecule has 0 spiro atoms. The lowest BCUT2D eigenvalue weighted by atomic mass is 9.74. The third kappa shape index (κ3) is 0.625. The molecule has 64 valence electrons. The highest BCUT2D eigenvalue weighted by molar-refractivity contribution is 5.32. The van der Waals surface area contributed by atoms with E-state index in [9.17, 15) is 0 Å². The van der Waals surface area contributed by atoms with Crippen molar-refractivity contribution in [2.24, 2.45) is 28.6 Å². The Balaban J connectivity index is 2.08. The molecule has 0 N–H and O–H groups in total. The maximum atomic E-state index is 2.49. The van der Waals surface area contributed by atoms with Crippen LogP contribution in [0.4, 0.5) is 0 Å². The molecule has 2 aliphatic rings. The largest absolute Gasteiger partial charge is 0.0625 e. The van der Waals surface area contributed by atoms with E-state index in [0.29, 0.717) is 0 Å². The molecule has 0 aromatic carbocycles. The maximum Gasteiger partial charge on any atom is -0.0207 e. The summed E-state index contributed by atoms with van der Waals surface area (Å²) >= 11 is 0. The SMILES string of the molecule is CC(C)C(C)C1(C)C2CC21C. The van der Waals surface area contributed by atoms with E-state index < -0.39 is 0 Å². The van der Waals surface area contributed by atoms with Crippen molar-refractivity contribution in [1.82, 2.24) is 0 Å². The van der Waals surface area contributed by atoms with Gasteiger partial charge in [-0.1, -0.05) is 34.6 Å². The highest BCUT2D eigenvalue weighted by Gasteiger charge is 2.84. The Kier molecular flexibility index (Phi) is 1.16. The van der Waals surface area contributed by atoms with Crippen LogP contribution in [0.1, 0.15) is 41.0 Å². The lowest BCUT2D eigenvalue weighted by Crippen LogP contribution is -2.24. The van der Waals surface area contributed by atoms with Gasteiger partial charge in [-0.3, -0.25) is 0 Å². The van der Waals surface area contributed by atoms with Crippen LogP contribution in [-0.2, 0) is 0 Å². The number of hydrogen-bond donors (Lipinski definition) is 0. The van der Waals surface area contributed by atoms with Crippen LogP contribution >= 0.6 is 0 Å². The summed E-state index contributed by atoms with van der Waals surface area (Å²) in [6.07, 6.45) is 1.51. The molecule has 4 atom stereocenters. The van der Waals surface area contributed by atoms with Crippen LogP contribution < -0.4 is 0 Å². The normalized spacial score (nSPS) is 55.6. The van der Waals surface area contributed by atoms with Crippen molar-refractivity contribution < 1.29 is 0 Å². The first-order valence-corrected chi connectivity index (χ1v) is 4.94. The topological polar surface area (TPSA) is 0 Å². The molecule has 0 aromatic heterocycles. The van der Waals surface area contributed by atoms with E-state index >= 15 is 0 Å². The van der Waals surface area contributed by atoms with Gasteiger partial charge in [-0.25, -0.2) is 0 Å². The third-order valence-corrected chi connectivity index (χ3v) is 5.05. The average molecular weight is 152 g/mol. The highest BCUT2D eigenvalue weighted by atomic mass is 14.9. The molecule has 4 unspecified atom stereocenters. The van der Waals surface area contributed by atoms with Crippen LogP contribution in [0.25, 0.3) is 0 Å². The molecule has 0 nitrogen and oxygen atoms in total. The Morgan fingerprint density at radius 1 is 1.18 bits per heavy atom. The van der Waals surface area contributed by atoms with E-state index in [4.69, 9.17) is 0 Å². The summed E-state index contributed by atoms with van der Waals surface area (Å²) in [6, 6.07) is 0. The Bertz CT molecular complexity index is 194. The molecule has 2 aliphatic carbocycles. The van der Waals surface area contributed by atoms with Crippen molar-refractivity contribution in [2.75, 3.05) is 0 Å². The maximum absolute atomic E-state index is 2.49. The Morgan fingerprint density at radius 2 is 1.64 bits per heavy atom. The van der Waals surface area contributed by atoms with Crippen LogP contribution in [0, 0.1) is 28.6 Å². The highest BCUT2D eigenvalue weighted by Crippen LogP contribution is 2.90. The minimum absolute atomic E-state index is 0.723. The molecule has 0 heteroatoms. The second-order valence-corrected chi connectivity index (χ2v) is 5.49. The van der Waals surface area contributed by atoms with E-state index in [1.807, 2.05) is 0 Å². The number of hydrogen-bond acceptors (Lipinski definition) is 0. The lowest BCUT2D eigenvalue weighted by Gasteiger charge is -2.31. The summed E-state index contributed by atoms with van der Waals surface area (Å²) in [5.74, 6) is 2.88. The van der Waals surface area contributed by atoms with Gasteiger partial charge >= 0.3 is 0 Å². The van der Waals surface area contributed by atoms with Gasteiger partial charge in [0.25, 0.3) is 0 Å². The minimum atomic E-state index is 0.723. The van der Waals surface area contributed by atoms with Crippen molar-refractivity contribution in [3.63, 3.8) is 0 Å².